The molecule has 0 radical (unpaired) electrons. The standard InChI is InChI=1S/C24H29N5O3S/c1-17(28-9-11-29(12-10-28)20-6-4-3-5-7-20)15-25-22(30)14-19-16-33-24(26-19)27-23(31)21-8-13-32-18(21)2/h3-8,13,16-17H,9-12,14-15H2,1-2H3,(H,25,30)(H,26,27,31). The first-order valence-corrected chi connectivity index (χ1v) is 12.0. The van der Waals surface area contributed by atoms with Crippen LogP contribution in [0.1, 0.15) is 28.7 Å². The van der Waals surface area contributed by atoms with E-state index in [1.54, 1.807) is 18.4 Å². The van der Waals surface area contributed by atoms with E-state index in [0.717, 1.165) is 26.2 Å². The molecule has 4 rings (SSSR count). The SMILES string of the molecule is Cc1occc1C(=O)Nc1nc(CC(=O)NCC(C)N2CCN(c3ccccc3)CC2)cs1. The molecule has 2 amide bonds. The highest BCUT2D eigenvalue weighted by Crippen LogP contribution is 2.19. The fourth-order valence-electron chi connectivity index (χ4n) is 3.91. The number of thiazole rings is 1. The lowest BCUT2D eigenvalue weighted by Gasteiger charge is -2.39. The number of aryl methyl sites for hydroxylation is 1. The molecule has 33 heavy (non-hydrogen) atoms. The van der Waals surface area contributed by atoms with E-state index in [-0.39, 0.29) is 24.3 Å². The molecule has 174 valence electrons. The minimum atomic E-state index is -0.271. The molecular formula is C24H29N5O3S. The number of piperazine rings is 1. The minimum Gasteiger partial charge on any atom is -0.469 e. The highest BCUT2D eigenvalue weighted by molar-refractivity contribution is 7.14. The first-order chi connectivity index (χ1) is 16.0. The Labute approximate surface area is 197 Å². The summed E-state index contributed by atoms with van der Waals surface area (Å²) < 4.78 is 5.16. The Morgan fingerprint density at radius 3 is 2.61 bits per heavy atom. The number of aromatic nitrogens is 1. The summed E-state index contributed by atoms with van der Waals surface area (Å²) in [5.74, 6) is 0.214. The highest BCUT2D eigenvalue weighted by atomic mass is 32.1. The van der Waals surface area contributed by atoms with E-state index < -0.39 is 0 Å². The lowest BCUT2D eigenvalue weighted by atomic mass is 10.2. The van der Waals surface area contributed by atoms with Gasteiger partial charge in [-0.2, -0.15) is 0 Å². The van der Waals surface area contributed by atoms with Crippen LogP contribution in [0.4, 0.5) is 10.8 Å². The van der Waals surface area contributed by atoms with Crippen LogP contribution in [-0.4, -0.2) is 60.5 Å². The average Bonchev–Trinajstić information content (AvgIpc) is 3.46. The van der Waals surface area contributed by atoms with Crippen molar-refractivity contribution in [3.05, 3.63) is 65.1 Å². The maximum Gasteiger partial charge on any atom is 0.260 e. The summed E-state index contributed by atoms with van der Waals surface area (Å²) in [6.07, 6.45) is 1.66. The lowest BCUT2D eigenvalue weighted by molar-refractivity contribution is -0.120. The molecule has 1 aliphatic rings. The topological polar surface area (TPSA) is 90.7 Å². The third kappa shape index (κ3) is 6.00. The Balaban J connectivity index is 1.19. The Hall–Kier alpha value is -3.17. The molecule has 0 bridgehead atoms. The molecule has 0 aliphatic carbocycles. The van der Waals surface area contributed by atoms with Crippen LogP contribution in [0.2, 0.25) is 0 Å². The van der Waals surface area contributed by atoms with Gasteiger partial charge in [0.05, 0.1) is 23.9 Å². The Morgan fingerprint density at radius 2 is 1.91 bits per heavy atom. The van der Waals surface area contributed by atoms with Crippen molar-refractivity contribution in [1.82, 2.24) is 15.2 Å². The number of nitrogens with one attached hydrogen (secondary N) is 2. The zero-order valence-electron chi connectivity index (χ0n) is 18.9. The van der Waals surface area contributed by atoms with E-state index in [1.165, 1.54) is 23.3 Å². The van der Waals surface area contributed by atoms with E-state index in [0.29, 0.717) is 28.7 Å². The second-order valence-electron chi connectivity index (χ2n) is 8.18. The van der Waals surface area contributed by atoms with Crippen LogP contribution in [0.5, 0.6) is 0 Å². The van der Waals surface area contributed by atoms with Crippen molar-refractivity contribution in [2.24, 2.45) is 0 Å². The number of para-hydroxylation sites is 1. The second kappa shape index (κ2) is 10.6. The number of amides is 2. The quantitative estimate of drug-likeness (QED) is 0.529. The molecule has 1 fully saturated rings. The first-order valence-electron chi connectivity index (χ1n) is 11.1. The van der Waals surface area contributed by atoms with Gasteiger partial charge in [-0.05, 0) is 32.0 Å². The Kier molecular flexibility index (Phi) is 7.41. The van der Waals surface area contributed by atoms with Gasteiger partial charge >= 0.3 is 0 Å². The number of benzene rings is 1. The number of carbonyl (C=O) groups excluding carboxylic acids is 2. The number of furan rings is 1. The molecule has 2 aromatic heterocycles. The van der Waals surface area contributed by atoms with Crippen LogP contribution in [0.3, 0.4) is 0 Å². The second-order valence-corrected chi connectivity index (χ2v) is 9.04. The van der Waals surface area contributed by atoms with Gasteiger partial charge in [-0.15, -0.1) is 11.3 Å². The molecule has 3 heterocycles. The van der Waals surface area contributed by atoms with Crippen molar-refractivity contribution in [3.8, 4) is 0 Å². The summed E-state index contributed by atoms with van der Waals surface area (Å²) in [6.45, 7) is 8.37. The van der Waals surface area contributed by atoms with Crippen molar-refractivity contribution >= 4 is 34.0 Å². The van der Waals surface area contributed by atoms with Gasteiger partial charge in [-0.1, -0.05) is 18.2 Å². The summed E-state index contributed by atoms with van der Waals surface area (Å²) in [5.41, 5.74) is 2.38. The van der Waals surface area contributed by atoms with Crippen molar-refractivity contribution in [3.63, 3.8) is 0 Å². The summed E-state index contributed by atoms with van der Waals surface area (Å²) in [5, 5.41) is 8.04. The van der Waals surface area contributed by atoms with Crippen molar-refractivity contribution in [2.75, 3.05) is 42.9 Å². The first kappa shape index (κ1) is 23.0. The molecule has 1 aliphatic heterocycles. The molecule has 1 aromatic carbocycles. The van der Waals surface area contributed by atoms with Crippen LogP contribution < -0.4 is 15.5 Å². The number of nitrogens with zero attached hydrogens (tertiary/aromatic N) is 3. The van der Waals surface area contributed by atoms with Gasteiger partial charge in [0, 0.05) is 49.8 Å². The zero-order chi connectivity index (χ0) is 23.2. The van der Waals surface area contributed by atoms with E-state index in [1.807, 2.05) is 6.07 Å². The maximum absolute atomic E-state index is 12.4. The largest absolute Gasteiger partial charge is 0.469 e. The minimum absolute atomic E-state index is 0.0707. The van der Waals surface area contributed by atoms with Gasteiger partial charge in [0.25, 0.3) is 5.91 Å². The fraction of sp³-hybridized carbons (Fsp3) is 0.375. The smallest absolute Gasteiger partial charge is 0.260 e. The predicted molar refractivity (Wildman–Crippen MR) is 130 cm³/mol. The van der Waals surface area contributed by atoms with Gasteiger partial charge in [0.1, 0.15) is 5.76 Å². The van der Waals surface area contributed by atoms with Crippen LogP contribution >= 0.6 is 11.3 Å². The maximum atomic E-state index is 12.4. The van der Waals surface area contributed by atoms with Crippen molar-refractivity contribution in [2.45, 2.75) is 26.3 Å². The molecule has 8 nitrogen and oxygen atoms in total. The molecular weight excluding hydrogens is 438 g/mol. The van der Waals surface area contributed by atoms with Crippen molar-refractivity contribution in [1.29, 1.82) is 0 Å². The van der Waals surface area contributed by atoms with E-state index in [2.05, 4.69) is 56.6 Å². The normalized spacial score (nSPS) is 15.3. The molecule has 1 unspecified atom stereocenters. The van der Waals surface area contributed by atoms with Crippen LogP contribution in [0, 0.1) is 6.92 Å². The number of rotatable bonds is 8. The number of anilines is 2. The molecule has 1 atom stereocenters. The van der Waals surface area contributed by atoms with Gasteiger partial charge in [-0.25, -0.2) is 4.98 Å². The molecule has 1 saturated heterocycles. The Bertz CT molecular complexity index is 1070. The molecule has 0 saturated carbocycles. The van der Waals surface area contributed by atoms with Gasteiger partial charge in [0.15, 0.2) is 5.13 Å². The predicted octanol–water partition coefficient (Wildman–Crippen LogP) is 3.17. The summed E-state index contributed by atoms with van der Waals surface area (Å²) in [7, 11) is 0. The van der Waals surface area contributed by atoms with Crippen LogP contribution in [0.25, 0.3) is 0 Å². The third-order valence-corrected chi connectivity index (χ3v) is 6.68. The molecule has 2 N–H and O–H groups in total. The van der Waals surface area contributed by atoms with Gasteiger partial charge < -0.3 is 14.6 Å². The molecule has 0 spiro atoms. The van der Waals surface area contributed by atoms with Crippen LogP contribution in [0.15, 0.2) is 52.5 Å². The Morgan fingerprint density at radius 1 is 1.15 bits per heavy atom. The number of hydrogen-bond acceptors (Lipinski definition) is 7. The monoisotopic (exact) mass is 467 g/mol. The zero-order valence-corrected chi connectivity index (χ0v) is 19.7. The summed E-state index contributed by atoms with van der Waals surface area (Å²) in [6, 6.07) is 12.3. The van der Waals surface area contributed by atoms with Crippen LogP contribution in [-0.2, 0) is 11.2 Å². The molecule has 3 aromatic rings. The van der Waals surface area contributed by atoms with Gasteiger partial charge in [-0.3, -0.25) is 19.8 Å². The summed E-state index contributed by atoms with van der Waals surface area (Å²) in [4.78, 5) is 33.9. The van der Waals surface area contributed by atoms with E-state index in [4.69, 9.17) is 4.42 Å². The number of hydrogen-bond donors (Lipinski definition) is 2. The third-order valence-electron chi connectivity index (χ3n) is 5.87. The number of carbonyl (C=O) groups is 2. The summed E-state index contributed by atoms with van der Waals surface area (Å²) >= 11 is 1.30. The van der Waals surface area contributed by atoms with E-state index >= 15 is 0 Å². The lowest BCUT2D eigenvalue weighted by Crippen LogP contribution is -2.52. The van der Waals surface area contributed by atoms with Gasteiger partial charge in [0.2, 0.25) is 5.91 Å². The highest BCUT2D eigenvalue weighted by Gasteiger charge is 2.22. The average molecular weight is 468 g/mol. The molecule has 9 heteroatoms. The van der Waals surface area contributed by atoms with E-state index in [9.17, 15) is 9.59 Å². The fourth-order valence-corrected chi connectivity index (χ4v) is 4.61. The van der Waals surface area contributed by atoms with Crippen molar-refractivity contribution < 1.29 is 14.0 Å².